The molecule has 4 nitrogen and oxygen atoms in total. The molecule has 1 saturated heterocycles. The Bertz CT molecular complexity index is 432. The fraction of sp³-hybridized carbons (Fsp3) is 0.533. The number of rotatable bonds is 4. The molecule has 0 spiro atoms. The number of piperidine rings is 1. The number of amides is 1. The molecular formula is C15H22N2O2. The van der Waals surface area contributed by atoms with Gasteiger partial charge in [0.2, 0.25) is 0 Å². The fourth-order valence-electron chi connectivity index (χ4n) is 2.73. The molecule has 0 bridgehead atoms. The first-order valence-electron chi connectivity index (χ1n) is 6.93. The molecule has 1 amide bonds. The number of likely N-dealkylation sites (tertiary alicyclic amines) is 1. The highest BCUT2D eigenvalue weighted by molar-refractivity contribution is 5.99. The standard InChI is InChI=1S/C15H22N2O2/c1-16-14-7-3-2-6-13(14)15(19)17-9-4-5-12(11-17)8-10-18/h2-3,6-7,12,16,18H,4-5,8-11H2,1H3. The van der Waals surface area contributed by atoms with Crippen LogP contribution in [0.1, 0.15) is 29.6 Å². The number of hydrogen-bond donors (Lipinski definition) is 2. The topological polar surface area (TPSA) is 52.6 Å². The number of benzene rings is 1. The van der Waals surface area contributed by atoms with Crippen molar-refractivity contribution in [1.29, 1.82) is 0 Å². The van der Waals surface area contributed by atoms with Crippen molar-refractivity contribution in [3.63, 3.8) is 0 Å². The van der Waals surface area contributed by atoms with Gasteiger partial charge in [0.1, 0.15) is 0 Å². The summed E-state index contributed by atoms with van der Waals surface area (Å²) in [6.45, 7) is 1.79. The van der Waals surface area contributed by atoms with Crippen LogP contribution < -0.4 is 5.32 Å². The zero-order valence-corrected chi connectivity index (χ0v) is 11.4. The Hall–Kier alpha value is -1.55. The number of hydrogen-bond acceptors (Lipinski definition) is 3. The fourth-order valence-corrected chi connectivity index (χ4v) is 2.73. The molecule has 0 radical (unpaired) electrons. The summed E-state index contributed by atoms with van der Waals surface area (Å²) in [6, 6.07) is 7.60. The van der Waals surface area contributed by atoms with Crippen LogP contribution in [-0.4, -0.2) is 42.7 Å². The van der Waals surface area contributed by atoms with Crippen molar-refractivity contribution in [2.24, 2.45) is 5.92 Å². The van der Waals surface area contributed by atoms with E-state index in [4.69, 9.17) is 5.11 Å². The molecule has 0 saturated carbocycles. The van der Waals surface area contributed by atoms with E-state index in [2.05, 4.69) is 5.32 Å². The van der Waals surface area contributed by atoms with Crippen LogP contribution in [0.15, 0.2) is 24.3 Å². The summed E-state index contributed by atoms with van der Waals surface area (Å²) in [6.07, 6.45) is 2.92. The smallest absolute Gasteiger partial charge is 0.255 e. The maximum Gasteiger partial charge on any atom is 0.255 e. The first kappa shape index (κ1) is 13.9. The summed E-state index contributed by atoms with van der Waals surface area (Å²) in [4.78, 5) is 14.5. The quantitative estimate of drug-likeness (QED) is 0.872. The minimum absolute atomic E-state index is 0.0904. The third-order valence-corrected chi connectivity index (χ3v) is 3.77. The van der Waals surface area contributed by atoms with E-state index >= 15 is 0 Å². The van der Waals surface area contributed by atoms with Gasteiger partial charge in [-0.3, -0.25) is 4.79 Å². The van der Waals surface area contributed by atoms with Gasteiger partial charge in [-0.15, -0.1) is 0 Å². The predicted octanol–water partition coefficient (Wildman–Crippen LogP) is 1.96. The van der Waals surface area contributed by atoms with Crippen LogP contribution in [-0.2, 0) is 0 Å². The van der Waals surface area contributed by atoms with Gasteiger partial charge in [-0.2, -0.15) is 0 Å². The first-order valence-corrected chi connectivity index (χ1v) is 6.93. The van der Waals surface area contributed by atoms with Gasteiger partial charge >= 0.3 is 0 Å². The minimum atomic E-state index is 0.0904. The van der Waals surface area contributed by atoms with Crippen molar-refractivity contribution < 1.29 is 9.90 Å². The number of aliphatic hydroxyl groups excluding tert-OH is 1. The number of carbonyl (C=O) groups excluding carboxylic acids is 1. The SMILES string of the molecule is CNc1ccccc1C(=O)N1CCCC(CCO)C1. The zero-order chi connectivity index (χ0) is 13.7. The van der Waals surface area contributed by atoms with E-state index in [1.54, 1.807) is 0 Å². The van der Waals surface area contributed by atoms with Gasteiger partial charge in [0, 0.05) is 32.4 Å². The van der Waals surface area contributed by atoms with Gasteiger partial charge in [0.05, 0.1) is 5.56 Å². The monoisotopic (exact) mass is 262 g/mol. The van der Waals surface area contributed by atoms with Gasteiger partial charge in [-0.1, -0.05) is 12.1 Å². The Balaban J connectivity index is 2.10. The average molecular weight is 262 g/mol. The zero-order valence-electron chi connectivity index (χ0n) is 11.4. The van der Waals surface area contributed by atoms with E-state index in [0.29, 0.717) is 5.92 Å². The van der Waals surface area contributed by atoms with Crippen LogP contribution in [0.3, 0.4) is 0 Å². The van der Waals surface area contributed by atoms with Crippen molar-refractivity contribution in [3.8, 4) is 0 Å². The molecule has 0 aliphatic carbocycles. The van der Waals surface area contributed by atoms with Gasteiger partial charge in [-0.25, -0.2) is 0 Å². The maximum absolute atomic E-state index is 12.6. The molecule has 1 atom stereocenters. The Morgan fingerprint density at radius 3 is 3.00 bits per heavy atom. The van der Waals surface area contributed by atoms with Gasteiger partial charge in [-0.05, 0) is 37.3 Å². The maximum atomic E-state index is 12.6. The lowest BCUT2D eigenvalue weighted by molar-refractivity contribution is 0.0654. The number of nitrogens with zero attached hydrogens (tertiary/aromatic N) is 1. The van der Waals surface area contributed by atoms with E-state index in [1.165, 1.54) is 0 Å². The Labute approximate surface area is 114 Å². The molecule has 1 heterocycles. The van der Waals surface area contributed by atoms with Crippen molar-refractivity contribution in [2.75, 3.05) is 32.1 Å². The summed E-state index contributed by atoms with van der Waals surface area (Å²) >= 11 is 0. The molecule has 2 rings (SSSR count). The highest BCUT2D eigenvalue weighted by Crippen LogP contribution is 2.23. The summed E-state index contributed by atoms with van der Waals surface area (Å²) in [7, 11) is 1.83. The van der Waals surface area contributed by atoms with E-state index in [-0.39, 0.29) is 12.5 Å². The molecule has 2 N–H and O–H groups in total. The van der Waals surface area contributed by atoms with Gasteiger partial charge < -0.3 is 15.3 Å². The first-order chi connectivity index (χ1) is 9.26. The number of para-hydroxylation sites is 1. The molecular weight excluding hydrogens is 240 g/mol. The number of nitrogens with one attached hydrogen (secondary N) is 1. The highest BCUT2D eigenvalue weighted by atomic mass is 16.3. The van der Waals surface area contributed by atoms with E-state index in [1.807, 2.05) is 36.2 Å². The van der Waals surface area contributed by atoms with Crippen LogP contribution in [0, 0.1) is 5.92 Å². The van der Waals surface area contributed by atoms with Gasteiger partial charge in [0.15, 0.2) is 0 Å². The number of anilines is 1. The van der Waals surface area contributed by atoms with Crippen molar-refractivity contribution in [3.05, 3.63) is 29.8 Å². The third-order valence-electron chi connectivity index (χ3n) is 3.77. The molecule has 1 aromatic carbocycles. The predicted molar refractivity (Wildman–Crippen MR) is 76.3 cm³/mol. The average Bonchev–Trinajstić information content (AvgIpc) is 2.47. The van der Waals surface area contributed by atoms with E-state index in [0.717, 1.165) is 43.6 Å². The molecule has 1 aliphatic heterocycles. The van der Waals surface area contributed by atoms with Gasteiger partial charge in [0.25, 0.3) is 5.91 Å². The second kappa shape index (κ2) is 6.57. The van der Waals surface area contributed by atoms with Crippen LogP contribution in [0.5, 0.6) is 0 Å². The molecule has 19 heavy (non-hydrogen) atoms. The van der Waals surface area contributed by atoms with E-state index in [9.17, 15) is 4.79 Å². The molecule has 4 heteroatoms. The van der Waals surface area contributed by atoms with Crippen molar-refractivity contribution in [1.82, 2.24) is 4.90 Å². The van der Waals surface area contributed by atoms with Crippen molar-refractivity contribution >= 4 is 11.6 Å². The van der Waals surface area contributed by atoms with Crippen LogP contribution in [0.25, 0.3) is 0 Å². The highest BCUT2D eigenvalue weighted by Gasteiger charge is 2.25. The normalized spacial score (nSPS) is 19.3. The Morgan fingerprint density at radius 2 is 2.26 bits per heavy atom. The lowest BCUT2D eigenvalue weighted by Gasteiger charge is -2.33. The Morgan fingerprint density at radius 1 is 1.47 bits per heavy atom. The molecule has 1 aromatic rings. The molecule has 1 unspecified atom stereocenters. The summed E-state index contributed by atoms with van der Waals surface area (Å²) in [5.41, 5.74) is 1.60. The lowest BCUT2D eigenvalue weighted by Crippen LogP contribution is -2.40. The minimum Gasteiger partial charge on any atom is -0.396 e. The number of aliphatic hydroxyl groups is 1. The Kier molecular flexibility index (Phi) is 4.80. The second-order valence-corrected chi connectivity index (χ2v) is 5.07. The molecule has 1 fully saturated rings. The summed E-state index contributed by atoms with van der Waals surface area (Å²) < 4.78 is 0. The molecule has 104 valence electrons. The second-order valence-electron chi connectivity index (χ2n) is 5.07. The lowest BCUT2D eigenvalue weighted by atomic mass is 9.94. The van der Waals surface area contributed by atoms with Crippen LogP contribution >= 0.6 is 0 Å². The summed E-state index contributed by atoms with van der Waals surface area (Å²) in [5, 5.41) is 12.1. The number of carbonyl (C=O) groups is 1. The summed E-state index contributed by atoms with van der Waals surface area (Å²) in [5.74, 6) is 0.525. The third kappa shape index (κ3) is 3.26. The molecule has 1 aliphatic rings. The largest absolute Gasteiger partial charge is 0.396 e. The molecule has 0 aromatic heterocycles. The van der Waals surface area contributed by atoms with Crippen LogP contribution in [0.2, 0.25) is 0 Å². The van der Waals surface area contributed by atoms with Crippen molar-refractivity contribution in [2.45, 2.75) is 19.3 Å². The van der Waals surface area contributed by atoms with E-state index < -0.39 is 0 Å². The van der Waals surface area contributed by atoms with Crippen LogP contribution in [0.4, 0.5) is 5.69 Å².